The van der Waals surface area contributed by atoms with E-state index in [4.69, 9.17) is 15.0 Å². The van der Waals surface area contributed by atoms with E-state index in [1.54, 1.807) is 0 Å². The van der Waals surface area contributed by atoms with Gasteiger partial charge in [0, 0.05) is 74.9 Å². The van der Waals surface area contributed by atoms with Crippen molar-refractivity contribution < 1.29 is 0 Å². The van der Waals surface area contributed by atoms with Crippen LogP contribution in [0.5, 0.6) is 0 Å². The van der Waals surface area contributed by atoms with Crippen LogP contribution in [0.25, 0.3) is 120 Å². The largest absolute Gasteiger partial charge is 0.309 e. The molecular weight excluding hydrogens is 643 g/mol. The molecule has 0 saturated heterocycles. The molecule has 0 aliphatic heterocycles. The maximum atomic E-state index is 4.98. The van der Waals surface area contributed by atoms with Gasteiger partial charge in [-0.15, -0.1) is 11.3 Å². The fourth-order valence-corrected chi connectivity index (χ4v) is 10.1. The summed E-state index contributed by atoms with van der Waals surface area (Å²) in [7, 11) is 0. The van der Waals surface area contributed by atoms with Crippen molar-refractivity contribution in [3.05, 3.63) is 140 Å². The number of benzene rings is 7. The highest BCUT2D eigenvalue weighted by Gasteiger charge is 2.28. The molecule has 0 atom stereocenters. The van der Waals surface area contributed by atoms with Gasteiger partial charge < -0.3 is 8.97 Å². The number of thiophene rings is 1. The number of para-hydroxylation sites is 1. The Morgan fingerprint density at radius 3 is 1.55 bits per heavy atom. The first-order valence-electron chi connectivity index (χ1n) is 17.2. The summed E-state index contributed by atoms with van der Waals surface area (Å²) in [4.78, 5) is 14.9. The van der Waals surface area contributed by atoms with Crippen molar-refractivity contribution in [1.29, 1.82) is 0 Å². The Hall–Kier alpha value is -6.63. The maximum Gasteiger partial charge on any atom is 0.164 e. The molecule has 0 saturated carbocycles. The van der Waals surface area contributed by atoms with Crippen molar-refractivity contribution >= 4 is 91.4 Å². The molecule has 0 aliphatic rings. The van der Waals surface area contributed by atoms with E-state index in [0.29, 0.717) is 17.5 Å². The Morgan fingerprint density at radius 2 is 0.882 bits per heavy atom. The smallest absolute Gasteiger partial charge is 0.164 e. The fraction of sp³-hybridized carbons (Fsp3) is 0. The van der Waals surface area contributed by atoms with Gasteiger partial charge in [0.15, 0.2) is 17.5 Å². The van der Waals surface area contributed by atoms with Crippen molar-refractivity contribution in [3.8, 4) is 39.9 Å². The molecule has 0 fully saturated rings. The Kier molecular flexibility index (Phi) is 4.70. The average Bonchev–Trinajstić information content (AvgIpc) is 3.91. The predicted octanol–water partition coefficient (Wildman–Crippen LogP) is 11.8. The summed E-state index contributed by atoms with van der Waals surface area (Å²) in [6, 6.07) is 49.8. The second kappa shape index (κ2) is 9.13. The van der Waals surface area contributed by atoms with Gasteiger partial charge in [-0.3, -0.25) is 0 Å². The first-order chi connectivity index (χ1) is 25.3. The van der Waals surface area contributed by atoms with E-state index in [1.807, 2.05) is 72.0 Å². The summed E-state index contributed by atoms with van der Waals surface area (Å²) in [5.41, 5.74) is 10.4. The Balaban J connectivity index is 1.08. The number of aromatic nitrogens is 5. The van der Waals surface area contributed by atoms with Gasteiger partial charge >= 0.3 is 0 Å². The Labute approximate surface area is 293 Å². The van der Waals surface area contributed by atoms with E-state index in [2.05, 4.69) is 87.8 Å². The average molecular weight is 666 g/mol. The van der Waals surface area contributed by atoms with Crippen molar-refractivity contribution in [2.45, 2.75) is 0 Å². The van der Waals surface area contributed by atoms with Crippen molar-refractivity contribution in [3.63, 3.8) is 0 Å². The number of fused-ring (bicyclic) bond motifs is 2. The van der Waals surface area contributed by atoms with E-state index < -0.39 is 0 Å². The molecule has 13 rings (SSSR count). The number of nitrogens with zero attached hydrogens (tertiary/aromatic N) is 5. The van der Waals surface area contributed by atoms with Crippen LogP contribution in [0.2, 0.25) is 0 Å². The lowest BCUT2D eigenvalue weighted by atomic mass is 10.0. The highest BCUT2D eigenvalue weighted by molar-refractivity contribution is 7.26. The van der Waals surface area contributed by atoms with Crippen LogP contribution in [0.3, 0.4) is 0 Å². The van der Waals surface area contributed by atoms with Crippen LogP contribution < -0.4 is 0 Å². The highest BCUT2D eigenvalue weighted by atomic mass is 32.1. The molecule has 13 aromatic rings. The number of hydrogen-bond acceptors (Lipinski definition) is 4. The third-order valence-electron chi connectivity index (χ3n) is 11.0. The van der Waals surface area contributed by atoms with Crippen LogP contribution >= 0.6 is 11.3 Å². The molecule has 0 spiro atoms. The molecule has 6 aromatic heterocycles. The minimum Gasteiger partial charge on any atom is -0.309 e. The molecular formula is C45H23N5S. The first kappa shape index (κ1) is 26.3. The summed E-state index contributed by atoms with van der Waals surface area (Å²) < 4.78 is 7.73. The van der Waals surface area contributed by atoms with Crippen molar-refractivity contribution in [2.75, 3.05) is 0 Å². The molecule has 0 amide bonds. The minimum atomic E-state index is 0.654. The van der Waals surface area contributed by atoms with Crippen molar-refractivity contribution in [1.82, 2.24) is 23.9 Å². The third-order valence-corrected chi connectivity index (χ3v) is 12.1. The molecule has 6 heterocycles. The van der Waals surface area contributed by atoms with Gasteiger partial charge in [-0.1, -0.05) is 91.0 Å². The van der Waals surface area contributed by atoms with E-state index in [9.17, 15) is 0 Å². The quantitative estimate of drug-likeness (QED) is 0.188. The van der Waals surface area contributed by atoms with Crippen LogP contribution in [0.4, 0.5) is 0 Å². The number of rotatable bonds is 4. The molecule has 0 bridgehead atoms. The minimum absolute atomic E-state index is 0.654. The summed E-state index contributed by atoms with van der Waals surface area (Å²) in [5.74, 6) is 1.98. The molecule has 6 heteroatoms. The lowest BCUT2D eigenvalue weighted by molar-refractivity contribution is 1.07. The van der Waals surface area contributed by atoms with Crippen LogP contribution in [0, 0.1) is 0 Å². The molecule has 234 valence electrons. The Bertz CT molecular complexity index is 3390. The van der Waals surface area contributed by atoms with E-state index in [-0.39, 0.29) is 0 Å². The van der Waals surface area contributed by atoms with Crippen molar-refractivity contribution in [2.24, 2.45) is 0 Å². The summed E-state index contributed by atoms with van der Waals surface area (Å²) in [6.07, 6.45) is 0. The molecule has 0 N–H and O–H groups in total. The lowest BCUT2D eigenvalue weighted by Crippen LogP contribution is -2.00. The Morgan fingerprint density at radius 1 is 0.373 bits per heavy atom. The zero-order valence-electron chi connectivity index (χ0n) is 26.9. The molecule has 0 radical (unpaired) electrons. The van der Waals surface area contributed by atoms with Gasteiger partial charge in [-0.2, -0.15) is 0 Å². The standard InChI is InChI=1S/C45H23N5S/c1-3-8-24(9-4-1)43-46-44(25-10-5-2-6-11-25)48-45(47-43)26-14-16-27(17-15-26)49-32-21-23-34-38-36(32)37-33(49)20-18-30-28-12-7-13-29-31-19-22-35(51-34)39(38)42(31)50(40(28)29)41(30)37/h1-23H. The second-order valence-electron chi connectivity index (χ2n) is 13.6. The topological polar surface area (TPSA) is 48.0 Å². The van der Waals surface area contributed by atoms with Crippen LogP contribution in [0.15, 0.2) is 140 Å². The van der Waals surface area contributed by atoms with Gasteiger partial charge in [0.05, 0.1) is 27.6 Å². The van der Waals surface area contributed by atoms with Gasteiger partial charge in [0.2, 0.25) is 0 Å². The van der Waals surface area contributed by atoms with Gasteiger partial charge in [0.1, 0.15) is 0 Å². The summed E-state index contributed by atoms with van der Waals surface area (Å²) in [5, 5.41) is 10.8. The number of hydrogen-bond donors (Lipinski definition) is 0. The zero-order chi connectivity index (χ0) is 32.9. The zero-order valence-corrected chi connectivity index (χ0v) is 27.7. The summed E-state index contributed by atoms with van der Waals surface area (Å²) >= 11 is 1.91. The highest BCUT2D eigenvalue weighted by Crippen LogP contribution is 2.53. The van der Waals surface area contributed by atoms with Crippen LogP contribution in [0.1, 0.15) is 0 Å². The van der Waals surface area contributed by atoms with E-state index in [0.717, 1.165) is 22.4 Å². The third kappa shape index (κ3) is 3.20. The molecule has 51 heavy (non-hydrogen) atoms. The first-order valence-corrected chi connectivity index (χ1v) is 18.0. The summed E-state index contributed by atoms with van der Waals surface area (Å²) in [6.45, 7) is 0. The molecule has 0 unspecified atom stereocenters. The normalized spacial score (nSPS) is 12.7. The molecule has 0 aliphatic carbocycles. The molecule has 5 nitrogen and oxygen atoms in total. The fourth-order valence-electron chi connectivity index (χ4n) is 8.94. The maximum absolute atomic E-state index is 4.98. The monoisotopic (exact) mass is 665 g/mol. The van der Waals surface area contributed by atoms with E-state index >= 15 is 0 Å². The van der Waals surface area contributed by atoms with Crippen LogP contribution in [-0.4, -0.2) is 23.9 Å². The van der Waals surface area contributed by atoms with E-state index in [1.165, 1.54) is 80.1 Å². The SMILES string of the molecule is c1ccc(-c2nc(-c3ccccc3)nc(-c3ccc(-n4c5ccc6sc7ccc8c9cccc%10c%11ccc4c4c5c6c7c8n(c9%10)c%114)cc3)n2)cc1. The van der Waals surface area contributed by atoms with Gasteiger partial charge in [0.25, 0.3) is 0 Å². The van der Waals surface area contributed by atoms with Gasteiger partial charge in [-0.05, 0) is 48.5 Å². The predicted molar refractivity (Wildman–Crippen MR) is 212 cm³/mol. The molecule has 7 aromatic carbocycles. The second-order valence-corrected chi connectivity index (χ2v) is 14.7. The van der Waals surface area contributed by atoms with Gasteiger partial charge in [-0.25, -0.2) is 15.0 Å². The lowest BCUT2D eigenvalue weighted by Gasteiger charge is -2.11. The van der Waals surface area contributed by atoms with Crippen LogP contribution in [-0.2, 0) is 0 Å².